The minimum atomic E-state index is 0.109. The van der Waals surface area contributed by atoms with Gasteiger partial charge >= 0.3 is 0 Å². The number of aryl methyl sites for hydroxylation is 1. The first-order valence-electron chi connectivity index (χ1n) is 11.4. The Hall–Kier alpha value is -1.64. The molecule has 0 spiro atoms. The van der Waals surface area contributed by atoms with E-state index < -0.39 is 0 Å². The van der Waals surface area contributed by atoms with Gasteiger partial charge in [-0.15, -0.1) is 0 Å². The highest BCUT2D eigenvalue weighted by molar-refractivity contribution is 5.89. The minimum Gasteiger partial charge on any atom is -0.349 e. The molecule has 3 heteroatoms. The number of aromatic nitrogens is 1. The van der Waals surface area contributed by atoms with Gasteiger partial charge in [-0.1, -0.05) is 26.0 Å². The molecule has 3 saturated carbocycles. The summed E-state index contributed by atoms with van der Waals surface area (Å²) < 4.78 is 0. The molecule has 0 aromatic carbocycles. The zero-order valence-corrected chi connectivity index (χ0v) is 17.4. The van der Waals surface area contributed by atoms with Gasteiger partial charge in [0.2, 0.25) is 5.91 Å². The van der Waals surface area contributed by atoms with E-state index in [1.165, 1.54) is 50.5 Å². The molecule has 5 rings (SSSR count). The summed E-state index contributed by atoms with van der Waals surface area (Å²) in [6, 6.07) is 4.64. The SMILES string of the molecule is C[C@]12CC[C@H]3[C@@H](CCC4NC(=O)C=C[C@@]43C)[C@@H]1CC[C@@H]2CCc1cccnc1. The topological polar surface area (TPSA) is 42.0 Å². The van der Waals surface area contributed by atoms with Crippen molar-refractivity contribution in [2.24, 2.45) is 34.5 Å². The fourth-order valence-electron chi connectivity index (χ4n) is 7.80. The van der Waals surface area contributed by atoms with E-state index in [1.807, 2.05) is 12.4 Å². The van der Waals surface area contributed by atoms with E-state index in [0.29, 0.717) is 11.5 Å². The van der Waals surface area contributed by atoms with Crippen molar-refractivity contribution in [2.75, 3.05) is 0 Å². The molecule has 0 saturated heterocycles. The molecule has 1 amide bonds. The Kier molecular flexibility index (Phi) is 4.41. The van der Waals surface area contributed by atoms with Gasteiger partial charge in [-0.05, 0) is 98.2 Å². The maximum atomic E-state index is 11.9. The summed E-state index contributed by atoms with van der Waals surface area (Å²) >= 11 is 0. The van der Waals surface area contributed by atoms with Crippen LogP contribution in [0.3, 0.4) is 0 Å². The van der Waals surface area contributed by atoms with Crippen LogP contribution >= 0.6 is 0 Å². The molecule has 1 aromatic heterocycles. The monoisotopic (exact) mass is 378 g/mol. The smallest absolute Gasteiger partial charge is 0.243 e. The van der Waals surface area contributed by atoms with Gasteiger partial charge in [0.1, 0.15) is 0 Å². The predicted octanol–water partition coefficient (Wildman–Crippen LogP) is 4.93. The highest BCUT2D eigenvalue weighted by Crippen LogP contribution is 2.65. The summed E-state index contributed by atoms with van der Waals surface area (Å²) in [5, 5.41) is 3.28. The third-order valence-corrected chi connectivity index (χ3v) is 9.39. The first-order chi connectivity index (χ1) is 13.5. The zero-order chi connectivity index (χ0) is 19.4. The lowest BCUT2D eigenvalue weighted by atomic mass is 9.48. The second-order valence-corrected chi connectivity index (χ2v) is 10.4. The number of carbonyl (C=O) groups is 1. The summed E-state index contributed by atoms with van der Waals surface area (Å²) in [5.41, 5.74) is 2.06. The van der Waals surface area contributed by atoms with E-state index in [0.717, 1.165) is 30.1 Å². The van der Waals surface area contributed by atoms with Crippen molar-refractivity contribution in [1.29, 1.82) is 0 Å². The summed E-state index contributed by atoms with van der Waals surface area (Å²) in [7, 11) is 0. The van der Waals surface area contributed by atoms with E-state index in [9.17, 15) is 4.79 Å². The number of nitrogens with zero attached hydrogens (tertiary/aromatic N) is 1. The van der Waals surface area contributed by atoms with Crippen molar-refractivity contribution in [3.05, 3.63) is 42.2 Å². The maximum Gasteiger partial charge on any atom is 0.243 e. The number of hydrogen-bond donors (Lipinski definition) is 1. The van der Waals surface area contributed by atoms with Crippen LogP contribution in [0.15, 0.2) is 36.7 Å². The van der Waals surface area contributed by atoms with Crippen molar-refractivity contribution in [1.82, 2.24) is 10.3 Å². The quantitative estimate of drug-likeness (QED) is 0.810. The first-order valence-corrected chi connectivity index (χ1v) is 11.4. The average molecular weight is 379 g/mol. The van der Waals surface area contributed by atoms with E-state index >= 15 is 0 Å². The Labute approximate surface area is 169 Å². The molecule has 3 nitrogen and oxygen atoms in total. The summed E-state index contributed by atoms with van der Waals surface area (Å²) in [5.74, 6) is 3.40. The Morgan fingerprint density at radius 3 is 2.86 bits per heavy atom. The molecule has 150 valence electrons. The van der Waals surface area contributed by atoms with E-state index in [4.69, 9.17) is 0 Å². The molecular weight excluding hydrogens is 344 g/mol. The Morgan fingerprint density at radius 2 is 2.04 bits per heavy atom. The van der Waals surface area contributed by atoms with Crippen LogP contribution in [0, 0.1) is 34.5 Å². The van der Waals surface area contributed by atoms with Crippen LogP contribution in [-0.2, 0) is 11.2 Å². The molecule has 1 aromatic rings. The van der Waals surface area contributed by atoms with E-state index in [2.05, 4.69) is 42.4 Å². The van der Waals surface area contributed by atoms with Crippen LogP contribution in [-0.4, -0.2) is 16.9 Å². The van der Waals surface area contributed by atoms with Crippen LogP contribution in [0.1, 0.15) is 64.4 Å². The fourth-order valence-corrected chi connectivity index (χ4v) is 7.80. The molecule has 0 bridgehead atoms. The van der Waals surface area contributed by atoms with Crippen molar-refractivity contribution in [3.63, 3.8) is 0 Å². The van der Waals surface area contributed by atoms with Gasteiger partial charge in [0.15, 0.2) is 0 Å². The normalized spacial score (nSPS) is 44.4. The van der Waals surface area contributed by atoms with Gasteiger partial charge in [0.25, 0.3) is 0 Å². The number of nitrogens with one attached hydrogen (secondary N) is 1. The zero-order valence-electron chi connectivity index (χ0n) is 17.4. The van der Waals surface area contributed by atoms with E-state index in [1.54, 1.807) is 6.08 Å². The predicted molar refractivity (Wildman–Crippen MR) is 112 cm³/mol. The molecule has 1 unspecified atom stereocenters. The van der Waals surface area contributed by atoms with Crippen molar-refractivity contribution in [2.45, 2.75) is 71.3 Å². The van der Waals surface area contributed by atoms with Gasteiger partial charge < -0.3 is 5.32 Å². The van der Waals surface area contributed by atoms with Gasteiger partial charge in [-0.3, -0.25) is 9.78 Å². The fraction of sp³-hybridized carbons (Fsp3) is 0.680. The number of hydrogen-bond acceptors (Lipinski definition) is 2. The van der Waals surface area contributed by atoms with Gasteiger partial charge in [0, 0.05) is 23.9 Å². The molecule has 2 heterocycles. The van der Waals surface area contributed by atoms with Crippen LogP contribution in [0.25, 0.3) is 0 Å². The molecule has 7 atom stereocenters. The highest BCUT2D eigenvalue weighted by atomic mass is 16.1. The molecule has 28 heavy (non-hydrogen) atoms. The standard InChI is InChI=1S/C25H34N2O/c1-24-13-11-21-19(8-10-22-25(21,2)14-12-23(28)27-22)20(24)9-7-18(24)6-5-17-4-3-15-26-16-17/h3-4,12,14-16,18-22H,5-11,13H2,1-2H3,(H,27,28)/t18-,19-,20-,21-,22?,24+,25+/m0/s1. The Balaban J connectivity index is 1.34. The molecule has 0 radical (unpaired) electrons. The van der Waals surface area contributed by atoms with Crippen LogP contribution in [0.4, 0.5) is 0 Å². The highest BCUT2D eigenvalue weighted by Gasteiger charge is 2.59. The maximum absolute atomic E-state index is 11.9. The van der Waals surface area contributed by atoms with Gasteiger partial charge in [0.05, 0.1) is 0 Å². The summed E-state index contributed by atoms with van der Waals surface area (Å²) in [4.78, 5) is 16.2. The van der Waals surface area contributed by atoms with Crippen LogP contribution < -0.4 is 5.32 Å². The Morgan fingerprint density at radius 1 is 1.14 bits per heavy atom. The van der Waals surface area contributed by atoms with Gasteiger partial charge in [-0.2, -0.15) is 0 Å². The Bertz CT molecular complexity index is 774. The molecule has 3 fully saturated rings. The number of pyridine rings is 1. The molecule has 3 aliphatic carbocycles. The number of fused-ring (bicyclic) bond motifs is 5. The molecule has 1 N–H and O–H groups in total. The lowest BCUT2D eigenvalue weighted by Gasteiger charge is -2.59. The lowest BCUT2D eigenvalue weighted by molar-refractivity contribution is -0.122. The summed E-state index contributed by atoms with van der Waals surface area (Å²) in [6.45, 7) is 5.03. The number of rotatable bonds is 3. The van der Waals surface area contributed by atoms with Gasteiger partial charge in [-0.25, -0.2) is 0 Å². The van der Waals surface area contributed by atoms with Crippen LogP contribution in [0.5, 0.6) is 0 Å². The van der Waals surface area contributed by atoms with E-state index in [-0.39, 0.29) is 11.3 Å². The molecule has 4 aliphatic rings. The third kappa shape index (κ3) is 2.76. The van der Waals surface area contributed by atoms with Crippen LogP contribution in [0.2, 0.25) is 0 Å². The second-order valence-electron chi connectivity index (χ2n) is 10.4. The lowest BCUT2D eigenvalue weighted by Crippen LogP contribution is -2.59. The summed E-state index contributed by atoms with van der Waals surface area (Å²) in [6.07, 6.45) is 18.4. The first kappa shape index (κ1) is 18.4. The second kappa shape index (κ2) is 6.71. The molecule has 1 aliphatic heterocycles. The molecular formula is C25H34N2O. The largest absolute Gasteiger partial charge is 0.349 e. The average Bonchev–Trinajstić information content (AvgIpc) is 3.04. The third-order valence-electron chi connectivity index (χ3n) is 9.39. The van der Waals surface area contributed by atoms with Crippen molar-refractivity contribution in [3.8, 4) is 0 Å². The number of carbonyl (C=O) groups excluding carboxylic acids is 1. The number of amides is 1. The van der Waals surface area contributed by atoms with Crippen molar-refractivity contribution < 1.29 is 4.79 Å². The van der Waals surface area contributed by atoms with Crippen molar-refractivity contribution >= 4 is 5.91 Å². The minimum absolute atomic E-state index is 0.109.